The van der Waals surface area contributed by atoms with E-state index in [4.69, 9.17) is 32.7 Å². The minimum Gasteiger partial charge on any atom is -0.487 e. The van der Waals surface area contributed by atoms with Crippen molar-refractivity contribution >= 4 is 23.2 Å². The van der Waals surface area contributed by atoms with Crippen LogP contribution < -0.4 is 14.8 Å². The average molecular weight is 436 g/mol. The van der Waals surface area contributed by atoms with Crippen LogP contribution >= 0.6 is 23.2 Å². The first-order valence-electron chi connectivity index (χ1n) is 9.85. The van der Waals surface area contributed by atoms with E-state index in [1.165, 1.54) is 6.42 Å². The second kappa shape index (κ2) is 11.3. The van der Waals surface area contributed by atoms with Gasteiger partial charge >= 0.3 is 0 Å². The van der Waals surface area contributed by atoms with Crippen molar-refractivity contribution in [2.75, 3.05) is 39.4 Å². The number of rotatable bonds is 11. The third-order valence-corrected chi connectivity index (χ3v) is 5.28. The van der Waals surface area contributed by atoms with Crippen molar-refractivity contribution in [3.05, 3.63) is 64.9 Å². The highest BCUT2D eigenvalue weighted by Crippen LogP contribution is 2.18. The Morgan fingerprint density at radius 3 is 2.69 bits per heavy atom. The van der Waals surface area contributed by atoms with Gasteiger partial charge in [-0.1, -0.05) is 29.8 Å². The molecule has 7 heteroatoms. The molecule has 0 saturated carbocycles. The molecule has 0 radical (unpaired) electrons. The van der Waals surface area contributed by atoms with Gasteiger partial charge in [0.05, 0.1) is 11.6 Å². The van der Waals surface area contributed by atoms with Crippen molar-refractivity contribution < 1.29 is 9.47 Å². The fraction of sp³-hybridized carbons (Fsp3) is 0.409. The van der Waals surface area contributed by atoms with Crippen LogP contribution in [0.3, 0.4) is 0 Å². The molecular formula is C22H27Cl2N3O2. The van der Waals surface area contributed by atoms with Crippen molar-refractivity contribution in [1.82, 2.24) is 15.2 Å². The van der Waals surface area contributed by atoms with Gasteiger partial charge in [0, 0.05) is 42.6 Å². The SMILES string of the molecule is C=C(COc1ccc(Cl)cc1)NCC1CCN(CCCOc2ccc(Cl)cn2)C1. The van der Waals surface area contributed by atoms with Crippen LogP contribution in [0.25, 0.3) is 0 Å². The van der Waals surface area contributed by atoms with Gasteiger partial charge in [0.2, 0.25) is 5.88 Å². The van der Waals surface area contributed by atoms with Gasteiger partial charge in [-0.2, -0.15) is 0 Å². The molecule has 3 rings (SSSR count). The number of hydrogen-bond acceptors (Lipinski definition) is 5. The number of nitrogens with one attached hydrogen (secondary N) is 1. The van der Waals surface area contributed by atoms with E-state index >= 15 is 0 Å². The van der Waals surface area contributed by atoms with E-state index in [2.05, 4.69) is 21.8 Å². The fourth-order valence-corrected chi connectivity index (χ4v) is 3.47. The second-order valence-electron chi connectivity index (χ2n) is 7.20. The first-order chi connectivity index (χ1) is 14.1. The lowest BCUT2D eigenvalue weighted by atomic mass is 10.1. The van der Waals surface area contributed by atoms with Crippen molar-refractivity contribution in [2.45, 2.75) is 12.8 Å². The van der Waals surface area contributed by atoms with E-state index in [0.29, 0.717) is 35.1 Å². The molecule has 5 nitrogen and oxygen atoms in total. The largest absolute Gasteiger partial charge is 0.487 e. The molecule has 156 valence electrons. The molecule has 1 aromatic heterocycles. The van der Waals surface area contributed by atoms with Gasteiger partial charge in [-0.3, -0.25) is 0 Å². The third-order valence-electron chi connectivity index (χ3n) is 4.81. The minimum atomic E-state index is 0.453. The van der Waals surface area contributed by atoms with Gasteiger partial charge < -0.3 is 19.7 Å². The van der Waals surface area contributed by atoms with E-state index in [1.807, 2.05) is 24.3 Å². The van der Waals surface area contributed by atoms with Gasteiger partial charge in [-0.05, 0) is 55.6 Å². The summed E-state index contributed by atoms with van der Waals surface area (Å²) in [7, 11) is 0. The molecule has 0 aliphatic carbocycles. The summed E-state index contributed by atoms with van der Waals surface area (Å²) in [5.74, 6) is 2.04. The van der Waals surface area contributed by atoms with Crippen LogP contribution in [-0.2, 0) is 0 Å². The smallest absolute Gasteiger partial charge is 0.213 e. The number of pyridine rings is 1. The molecule has 1 N–H and O–H groups in total. The summed E-state index contributed by atoms with van der Waals surface area (Å²) in [6.07, 6.45) is 3.77. The van der Waals surface area contributed by atoms with Crippen molar-refractivity contribution in [2.24, 2.45) is 5.92 Å². The Labute approximate surface area is 182 Å². The summed E-state index contributed by atoms with van der Waals surface area (Å²) in [4.78, 5) is 6.62. The van der Waals surface area contributed by atoms with Crippen LogP contribution in [0.5, 0.6) is 11.6 Å². The van der Waals surface area contributed by atoms with E-state index in [-0.39, 0.29) is 0 Å². The summed E-state index contributed by atoms with van der Waals surface area (Å²) < 4.78 is 11.4. The Bertz CT molecular complexity index is 769. The standard InChI is InChI=1S/C22H27Cl2N3O2/c1-17(16-29-21-6-3-19(23)4-7-21)25-13-18-9-11-27(15-18)10-2-12-28-22-8-5-20(24)14-26-22/h3-8,14,18,25H,1-2,9-13,15-16H2. The van der Waals surface area contributed by atoms with Gasteiger partial charge in [-0.15, -0.1) is 0 Å². The summed E-state index contributed by atoms with van der Waals surface area (Å²) in [6.45, 7) is 9.34. The lowest BCUT2D eigenvalue weighted by Gasteiger charge is -2.17. The molecule has 1 unspecified atom stereocenters. The molecule has 29 heavy (non-hydrogen) atoms. The van der Waals surface area contributed by atoms with Crippen molar-refractivity contribution in [3.8, 4) is 11.6 Å². The Morgan fingerprint density at radius 2 is 1.93 bits per heavy atom. The Morgan fingerprint density at radius 1 is 1.14 bits per heavy atom. The molecule has 2 heterocycles. The topological polar surface area (TPSA) is 46.6 Å². The van der Waals surface area contributed by atoms with Gasteiger partial charge in [0.15, 0.2) is 0 Å². The second-order valence-corrected chi connectivity index (χ2v) is 8.07. The number of hydrogen-bond donors (Lipinski definition) is 1. The fourth-order valence-electron chi connectivity index (χ4n) is 3.24. The van der Waals surface area contributed by atoms with Crippen LogP contribution in [0.4, 0.5) is 0 Å². The molecule has 1 aliphatic rings. The van der Waals surface area contributed by atoms with Gasteiger partial charge in [0.1, 0.15) is 12.4 Å². The van der Waals surface area contributed by atoms with Crippen LogP contribution in [0.1, 0.15) is 12.8 Å². The summed E-state index contributed by atoms with van der Waals surface area (Å²) >= 11 is 11.7. The maximum Gasteiger partial charge on any atom is 0.213 e. The molecular weight excluding hydrogens is 409 g/mol. The van der Waals surface area contributed by atoms with Crippen molar-refractivity contribution in [3.63, 3.8) is 0 Å². The zero-order chi connectivity index (χ0) is 20.5. The highest BCUT2D eigenvalue weighted by molar-refractivity contribution is 6.30. The predicted molar refractivity (Wildman–Crippen MR) is 118 cm³/mol. The number of nitrogens with zero attached hydrogens (tertiary/aromatic N) is 2. The molecule has 0 bridgehead atoms. The van der Waals surface area contributed by atoms with E-state index < -0.39 is 0 Å². The highest BCUT2D eigenvalue weighted by Gasteiger charge is 2.21. The van der Waals surface area contributed by atoms with Crippen molar-refractivity contribution in [1.29, 1.82) is 0 Å². The molecule has 1 fully saturated rings. The number of aromatic nitrogens is 1. The first kappa shape index (κ1) is 21.8. The Balaban J connectivity index is 1.25. The predicted octanol–water partition coefficient (Wildman–Crippen LogP) is 4.66. The Hall–Kier alpha value is -1.95. The van der Waals surface area contributed by atoms with Gasteiger partial charge in [0.25, 0.3) is 0 Å². The number of ether oxygens (including phenoxy) is 2. The number of halogens is 2. The lowest BCUT2D eigenvalue weighted by Crippen LogP contribution is -2.28. The van der Waals surface area contributed by atoms with E-state index in [1.54, 1.807) is 18.3 Å². The monoisotopic (exact) mass is 435 g/mol. The third kappa shape index (κ3) is 7.77. The minimum absolute atomic E-state index is 0.453. The van der Waals surface area contributed by atoms with Crippen LogP contribution in [0.2, 0.25) is 10.0 Å². The van der Waals surface area contributed by atoms with Crippen LogP contribution in [0.15, 0.2) is 54.9 Å². The molecule has 2 aromatic rings. The molecule has 1 atom stereocenters. The summed E-state index contributed by atoms with van der Waals surface area (Å²) in [5.41, 5.74) is 0.891. The molecule has 0 spiro atoms. The van der Waals surface area contributed by atoms with E-state index in [9.17, 15) is 0 Å². The molecule has 1 saturated heterocycles. The van der Waals surface area contributed by atoms with E-state index in [0.717, 1.165) is 44.0 Å². The molecule has 1 aromatic carbocycles. The molecule has 0 amide bonds. The molecule has 1 aliphatic heterocycles. The van der Waals surface area contributed by atoms with Crippen LogP contribution in [-0.4, -0.2) is 49.3 Å². The Kier molecular flexibility index (Phi) is 8.47. The van der Waals surface area contributed by atoms with Crippen LogP contribution in [0, 0.1) is 5.92 Å². The summed E-state index contributed by atoms with van der Waals surface area (Å²) in [5, 5.41) is 4.73. The number of benzene rings is 1. The maximum atomic E-state index is 5.88. The lowest BCUT2D eigenvalue weighted by molar-refractivity contribution is 0.252. The quantitative estimate of drug-likeness (QED) is 0.519. The summed E-state index contributed by atoms with van der Waals surface area (Å²) in [6, 6.07) is 10.9. The zero-order valence-electron chi connectivity index (χ0n) is 16.4. The highest BCUT2D eigenvalue weighted by atomic mass is 35.5. The van der Waals surface area contributed by atoms with Gasteiger partial charge in [-0.25, -0.2) is 4.98 Å². The normalized spacial score (nSPS) is 16.6. The number of likely N-dealkylation sites (tertiary alicyclic amines) is 1. The average Bonchev–Trinajstić information content (AvgIpc) is 3.18. The maximum absolute atomic E-state index is 5.88. The first-order valence-corrected chi connectivity index (χ1v) is 10.6. The zero-order valence-corrected chi connectivity index (χ0v) is 18.0.